The lowest BCUT2D eigenvalue weighted by Crippen LogP contribution is -2.39. The Balaban J connectivity index is 2.59. The molecule has 5 heteroatoms. The molecule has 3 unspecified atom stereocenters. The average molecular weight is 274 g/mol. The van der Waals surface area contributed by atoms with E-state index in [4.69, 9.17) is 0 Å². The van der Waals surface area contributed by atoms with Crippen LogP contribution in [0, 0.1) is 0 Å². The van der Waals surface area contributed by atoms with Gasteiger partial charge in [-0.25, -0.2) is 0 Å². The quantitative estimate of drug-likeness (QED) is 0.729. The molecule has 1 aliphatic heterocycles. The number of amides is 1. The second-order valence-electron chi connectivity index (χ2n) is 4.78. The minimum Gasteiger partial charge on any atom is -0.325 e. The van der Waals surface area contributed by atoms with Gasteiger partial charge in [-0.3, -0.25) is 14.3 Å². The van der Waals surface area contributed by atoms with Crippen LogP contribution in [0.4, 0.5) is 0 Å². The number of carbonyl (C=O) groups is 1. The van der Waals surface area contributed by atoms with Crippen LogP contribution in [0.2, 0.25) is 0 Å². The topological polar surface area (TPSA) is 49.4 Å². The number of carbonyl (C=O) groups excluding carboxylic acids is 1. The van der Waals surface area contributed by atoms with Crippen LogP contribution < -0.4 is 5.32 Å². The van der Waals surface area contributed by atoms with Gasteiger partial charge in [-0.2, -0.15) is 0 Å². The zero-order valence-electron chi connectivity index (χ0n) is 11.8. The third-order valence-corrected chi connectivity index (χ3v) is 4.65. The molecule has 3 atom stereocenters. The van der Waals surface area contributed by atoms with Gasteiger partial charge >= 0.3 is 0 Å². The molecule has 0 bridgehead atoms. The molecule has 4 nitrogen and oxygen atoms in total. The van der Waals surface area contributed by atoms with Gasteiger partial charge in [0.2, 0.25) is 5.91 Å². The van der Waals surface area contributed by atoms with Crippen LogP contribution in [0.1, 0.15) is 46.5 Å². The van der Waals surface area contributed by atoms with Crippen molar-refractivity contribution >= 4 is 16.7 Å². The Labute approximate surface area is 113 Å². The summed E-state index contributed by atoms with van der Waals surface area (Å²) < 4.78 is 11.5. The Bertz CT molecular complexity index is 297. The van der Waals surface area contributed by atoms with Gasteiger partial charge in [0, 0.05) is 28.9 Å². The van der Waals surface area contributed by atoms with Crippen LogP contribution in [0.5, 0.6) is 0 Å². The molecule has 1 heterocycles. The van der Waals surface area contributed by atoms with Crippen LogP contribution in [0.15, 0.2) is 0 Å². The summed E-state index contributed by atoms with van der Waals surface area (Å²) in [5.41, 5.74) is 0. The third-order valence-electron chi connectivity index (χ3n) is 3.37. The number of hydrogen-bond acceptors (Lipinski definition) is 3. The van der Waals surface area contributed by atoms with Gasteiger partial charge in [-0.15, -0.1) is 0 Å². The number of nitrogens with one attached hydrogen (secondary N) is 1. The van der Waals surface area contributed by atoms with Crippen LogP contribution in [0.25, 0.3) is 0 Å². The highest BCUT2D eigenvalue weighted by atomic mass is 32.2. The maximum absolute atomic E-state index is 12.2. The first-order chi connectivity index (χ1) is 8.63. The standard InChI is InChI=1S/C13H26N2O2S/c1-4-7-11-13(16)15(9-10-18(17)6-3)12(14-11)8-5-2/h11-12,14H,4-10H2,1-3H3. The number of hydrogen-bond donors (Lipinski definition) is 1. The van der Waals surface area contributed by atoms with E-state index in [1.54, 1.807) is 0 Å². The third kappa shape index (κ3) is 4.05. The molecule has 1 amide bonds. The maximum atomic E-state index is 12.2. The molecule has 0 aromatic rings. The number of rotatable bonds is 8. The Kier molecular flexibility index (Phi) is 6.86. The second kappa shape index (κ2) is 7.89. The van der Waals surface area contributed by atoms with Crippen molar-refractivity contribution in [3.8, 4) is 0 Å². The van der Waals surface area contributed by atoms with Crippen LogP contribution in [0.3, 0.4) is 0 Å². The molecule has 106 valence electrons. The summed E-state index contributed by atoms with van der Waals surface area (Å²) in [6.45, 7) is 6.76. The lowest BCUT2D eigenvalue weighted by Gasteiger charge is -2.23. The molecule has 0 aromatic heterocycles. The lowest BCUT2D eigenvalue weighted by molar-refractivity contribution is -0.129. The lowest BCUT2D eigenvalue weighted by atomic mass is 10.2. The van der Waals surface area contributed by atoms with E-state index in [1.807, 2.05) is 11.8 Å². The Morgan fingerprint density at radius 1 is 1.22 bits per heavy atom. The van der Waals surface area contributed by atoms with Crippen molar-refractivity contribution < 1.29 is 9.00 Å². The van der Waals surface area contributed by atoms with E-state index >= 15 is 0 Å². The molecule has 1 rings (SSSR count). The second-order valence-corrected chi connectivity index (χ2v) is 6.64. The largest absolute Gasteiger partial charge is 0.325 e. The van der Waals surface area contributed by atoms with Crippen molar-refractivity contribution in [1.82, 2.24) is 10.2 Å². The van der Waals surface area contributed by atoms with Gasteiger partial charge in [0.1, 0.15) is 0 Å². The highest BCUT2D eigenvalue weighted by Crippen LogP contribution is 2.17. The van der Waals surface area contributed by atoms with Crippen molar-refractivity contribution in [1.29, 1.82) is 0 Å². The first-order valence-corrected chi connectivity index (χ1v) is 8.54. The minimum atomic E-state index is -0.793. The monoisotopic (exact) mass is 274 g/mol. The summed E-state index contributed by atoms with van der Waals surface area (Å²) in [4.78, 5) is 14.1. The SMILES string of the molecule is CCCC1NC(CCC)N(CCS(=O)CC)C1=O. The molecule has 1 aliphatic rings. The van der Waals surface area contributed by atoms with E-state index in [-0.39, 0.29) is 18.1 Å². The smallest absolute Gasteiger partial charge is 0.241 e. The summed E-state index contributed by atoms with van der Waals surface area (Å²) in [6, 6.07) is -0.0263. The van der Waals surface area contributed by atoms with Crippen molar-refractivity contribution in [3.63, 3.8) is 0 Å². The summed E-state index contributed by atoms with van der Waals surface area (Å²) >= 11 is 0. The first kappa shape index (κ1) is 15.6. The van der Waals surface area contributed by atoms with Crippen molar-refractivity contribution in [2.24, 2.45) is 0 Å². The predicted molar refractivity (Wildman–Crippen MR) is 75.8 cm³/mol. The van der Waals surface area contributed by atoms with Gasteiger partial charge in [0.25, 0.3) is 0 Å². The van der Waals surface area contributed by atoms with Crippen molar-refractivity contribution in [2.75, 3.05) is 18.1 Å². The fourth-order valence-electron chi connectivity index (χ4n) is 2.37. The van der Waals surface area contributed by atoms with E-state index in [1.165, 1.54) is 0 Å². The van der Waals surface area contributed by atoms with Crippen molar-refractivity contribution in [3.05, 3.63) is 0 Å². The highest BCUT2D eigenvalue weighted by molar-refractivity contribution is 7.84. The molecule has 0 aromatic carbocycles. The molecule has 1 N–H and O–H groups in total. The van der Waals surface area contributed by atoms with E-state index in [9.17, 15) is 9.00 Å². The molecular formula is C13H26N2O2S. The van der Waals surface area contributed by atoms with E-state index in [0.29, 0.717) is 18.1 Å². The summed E-state index contributed by atoms with van der Waals surface area (Å²) in [6.07, 6.45) is 4.08. The van der Waals surface area contributed by atoms with Crippen LogP contribution >= 0.6 is 0 Å². The molecule has 18 heavy (non-hydrogen) atoms. The summed E-state index contributed by atoms with van der Waals surface area (Å²) in [5.74, 6) is 1.47. The number of nitrogens with zero attached hydrogens (tertiary/aromatic N) is 1. The van der Waals surface area contributed by atoms with Gasteiger partial charge in [0.15, 0.2) is 0 Å². The molecule has 0 radical (unpaired) electrons. The molecule has 0 spiro atoms. The van der Waals surface area contributed by atoms with Crippen LogP contribution in [-0.2, 0) is 15.6 Å². The Morgan fingerprint density at radius 3 is 2.44 bits per heavy atom. The Hall–Kier alpha value is -0.420. The van der Waals surface area contributed by atoms with Gasteiger partial charge < -0.3 is 4.90 Å². The molecule has 1 fully saturated rings. The molecular weight excluding hydrogens is 248 g/mol. The van der Waals surface area contributed by atoms with E-state index < -0.39 is 10.8 Å². The fourth-order valence-corrected chi connectivity index (χ4v) is 3.05. The van der Waals surface area contributed by atoms with Crippen LogP contribution in [-0.4, -0.2) is 45.3 Å². The zero-order valence-corrected chi connectivity index (χ0v) is 12.6. The molecule has 1 saturated heterocycles. The normalized spacial score (nSPS) is 25.7. The first-order valence-electron chi connectivity index (χ1n) is 7.05. The van der Waals surface area contributed by atoms with Crippen molar-refractivity contribution in [2.45, 2.75) is 58.7 Å². The maximum Gasteiger partial charge on any atom is 0.241 e. The Morgan fingerprint density at radius 2 is 1.89 bits per heavy atom. The predicted octanol–water partition coefficient (Wildman–Crippen LogP) is 1.48. The van der Waals surface area contributed by atoms with Gasteiger partial charge in [-0.05, 0) is 12.8 Å². The van der Waals surface area contributed by atoms with Gasteiger partial charge in [0.05, 0.1) is 12.2 Å². The molecule has 0 saturated carbocycles. The summed E-state index contributed by atoms with van der Waals surface area (Å²) in [7, 11) is -0.793. The zero-order chi connectivity index (χ0) is 13.5. The highest BCUT2D eigenvalue weighted by Gasteiger charge is 2.37. The summed E-state index contributed by atoms with van der Waals surface area (Å²) in [5, 5.41) is 3.41. The van der Waals surface area contributed by atoms with Gasteiger partial charge in [-0.1, -0.05) is 33.6 Å². The minimum absolute atomic E-state index is 0.0263. The van der Waals surface area contributed by atoms with E-state index in [2.05, 4.69) is 19.2 Å². The molecule has 0 aliphatic carbocycles. The van der Waals surface area contributed by atoms with E-state index in [0.717, 1.165) is 25.7 Å². The fraction of sp³-hybridized carbons (Fsp3) is 0.923. The average Bonchev–Trinajstić information content (AvgIpc) is 2.64.